The molecule has 0 bridgehead atoms. The highest BCUT2D eigenvalue weighted by molar-refractivity contribution is 5.90. The quantitative estimate of drug-likeness (QED) is 0.721. The zero-order valence-corrected chi connectivity index (χ0v) is 9.38. The van der Waals surface area contributed by atoms with E-state index in [1.54, 1.807) is 4.90 Å². The maximum atomic E-state index is 12.2. The van der Waals surface area contributed by atoms with Crippen molar-refractivity contribution in [1.29, 1.82) is 0 Å². The van der Waals surface area contributed by atoms with Crippen molar-refractivity contribution in [3.8, 4) is 0 Å². The molecule has 1 saturated carbocycles. The fraction of sp³-hybridized carbons (Fsp3) is 0.818. The molecular formula is C11H18N2O2. The number of nitrogens with zero attached hydrogens (tertiary/aromatic N) is 1. The molecule has 1 aliphatic carbocycles. The van der Waals surface area contributed by atoms with E-state index >= 15 is 0 Å². The second kappa shape index (κ2) is 2.97. The minimum absolute atomic E-state index is 0.0412. The number of hydrogen-bond acceptors (Lipinski definition) is 2. The standard InChI is InChI=1S/C11H18N2O2/c1-10-4-3-5-11(10,2)9(15)13(7-10)6-8(12)14/h3-7H2,1-2H3,(H2,12,14)/t10-,11+/m0/s1. The SMILES string of the molecule is C[C@@]12CCC[C@]1(C)C(=O)N(CC(N)=O)C2. The molecule has 2 N–H and O–H groups in total. The van der Waals surface area contributed by atoms with E-state index in [9.17, 15) is 9.59 Å². The average Bonchev–Trinajstić information content (AvgIpc) is 2.48. The number of hydrogen-bond donors (Lipinski definition) is 1. The molecule has 15 heavy (non-hydrogen) atoms. The van der Waals surface area contributed by atoms with Crippen molar-refractivity contribution in [1.82, 2.24) is 4.90 Å². The number of carbonyl (C=O) groups excluding carboxylic acids is 2. The monoisotopic (exact) mass is 210 g/mol. The third-order valence-corrected chi connectivity index (χ3v) is 4.38. The van der Waals surface area contributed by atoms with Crippen LogP contribution in [0.15, 0.2) is 0 Å². The minimum atomic E-state index is -0.421. The van der Waals surface area contributed by atoms with Gasteiger partial charge in [-0.2, -0.15) is 0 Å². The Hall–Kier alpha value is -1.06. The van der Waals surface area contributed by atoms with Crippen molar-refractivity contribution < 1.29 is 9.59 Å². The molecule has 1 saturated heterocycles. The lowest BCUT2D eigenvalue weighted by Gasteiger charge is -2.30. The van der Waals surface area contributed by atoms with Crippen molar-refractivity contribution in [3.05, 3.63) is 0 Å². The van der Waals surface area contributed by atoms with E-state index in [-0.39, 0.29) is 23.3 Å². The second-order valence-corrected chi connectivity index (χ2v) is 5.37. The molecule has 2 rings (SSSR count). The van der Waals surface area contributed by atoms with Gasteiger partial charge in [0.1, 0.15) is 0 Å². The second-order valence-electron chi connectivity index (χ2n) is 5.37. The fourth-order valence-corrected chi connectivity index (χ4v) is 3.19. The molecule has 0 aromatic carbocycles. The zero-order valence-electron chi connectivity index (χ0n) is 9.38. The van der Waals surface area contributed by atoms with Crippen molar-refractivity contribution >= 4 is 11.8 Å². The molecule has 0 unspecified atom stereocenters. The molecule has 2 aliphatic rings. The van der Waals surface area contributed by atoms with E-state index < -0.39 is 5.91 Å². The van der Waals surface area contributed by atoms with Crippen LogP contribution < -0.4 is 5.73 Å². The van der Waals surface area contributed by atoms with Crippen LogP contribution in [0.4, 0.5) is 0 Å². The van der Waals surface area contributed by atoms with Gasteiger partial charge in [0.25, 0.3) is 0 Å². The molecule has 0 aromatic heterocycles. The number of amides is 2. The van der Waals surface area contributed by atoms with Crippen LogP contribution in [0, 0.1) is 10.8 Å². The topological polar surface area (TPSA) is 63.4 Å². The van der Waals surface area contributed by atoms with Gasteiger partial charge in [-0.05, 0) is 18.3 Å². The predicted octanol–water partition coefficient (Wildman–Crippen LogP) is 0.510. The highest BCUT2D eigenvalue weighted by atomic mass is 16.2. The molecule has 84 valence electrons. The molecule has 2 fully saturated rings. The van der Waals surface area contributed by atoms with Gasteiger partial charge in [0, 0.05) is 6.54 Å². The van der Waals surface area contributed by atoms with E-state index in [0.717, 1.165) is 19.3 Å². The first-order valence-corrected chi connectivity index (χ1v) is 5.47. The number of likely N-dealkylation sites (tertiary alicyclic amines) is 1. The van der Waals surface area contributed by atoms with Gasteiger partial charge >= 0.3 is 0 Å². The lowest BCUT2D eigenvalue weighted by molar-refractivity contribution is -0.138. The zero-order chi connectivity index (χ0) is 11.3. The van der Waals surface area contributed by atoms with Crippen LogP contribution in [0.25, 0.3) is 0 Å². The van der Waals surface area contributed by atoms with E-state index in [0.29, 0.717) is 6.54 Å². The van der Waals surface area contributed by atoms with Gasteiger partial charge < -0.3 is 10.6 Å². The van der Waals surface area contributed by atoms with Gasteiger partial charge in [0.15, 0.2) is 0 Å². The Kier molecular flexibility index (Phi) is 2.07. The number of fused-ring (bicyclic) bond motifs is 1. The van der Waals surface area contributed by atoms with Crippen molar-refractivity contribution in [3.63, 3.8) is 0 Å². The maximum Gasteiger partial charge on any atom is 0.237 e. The molecule has 2 amide bonds. The molecule has 0 radical (unpaired) electrons. The Morgan fingerprint density at radius 1 is 1.47 bits per heavy atom. The summed E-state index contributed by atoms with van der Waals surface area (Å²) in [5, 5.41) is 0. The van der Waals surface area contributed by atoms with E-state index in [1.807, 2.05) is 6.92 Å². The highest BCUT2D eigenvalue weighted by Crippen LogP contribution is 2.57. The van der Waals surface area contributed by atoms with Crippen LogP contribution in [0.3, 0.4) is 0 Å². The molecule has 0 aromatic rings. The summed E-state index contributed by atoms with van der Waals surface area (Å²) >= 11 is 0. The van der Waals surface area contributed by atoms with Gasteiger partial charge in [0.05, 0.1) is 12.0 Å². The van der Waals surface area contributed by atoms with Gasteiger partial charge in [-0.1, -0.05) is 20.3 Å². The molecule has 4 heteroatoms. The first-order chi connectivity index (χ1) is 6.89. The minimum Gasteiger partial charge on any atom is -0.368 e. The van der Waals surface area contributed by atoms with E-state index in [2.05, 4.69) is 6.92 Å². The van der Waals surface area contributed by atoms with Gasteiger partial charge in [0.2, 0.25) is 11.8 Å². The summed E-state index contributed by atoms with van der Waals surface area (Å²) in [6.45, 7) is 4.94. The lowest BCUT2D eigenvalue weighted by Crippen LogP contribution is -2.38. The summed E-state index contributed by atoms with van der Waals surface area (Å²) in [6.07, 6.45) is 3.13. The highest BCUT2D eigenvalue weighted by Gasteiger charge is 2.60. The van der Waals surface area contributed by atoms with Crippen LogP contribution in [0.2, 0.25) is 0 Å². The molecule has 1 aliphatic heterocycles. The Bertz CT molecular complexity index is 329. The number of nitrogens with two attached hydrogens (primary N) is 1. The van der Waals surface area contributed by atoms with Crippen molar-refractivity contribution in [2.75, 3.05) is 13.1 Å². The number of rotatable bonds is 2. The molecule has 1 heterocycles. The van der Waals surface area contributed by atoms with Gasteiger partial charge in [-0.25, -0.2) is 0 Å². The normalized spacial score (nSPS) is 39.6. The van der Waals surface area contributed by atoms with Crippen molar-refractivity contribution in [2.45, 2.75) is 33.1 Å². The summed E-state index contributed by atoms with van der Waals surface area (Å²) in [4.78, 5) is 24.7. The van der Waals surface area contributed by atoms with Crippen LogP contribution in [0.1, 0.15) is 33.1 Å². The first-order valence-electron chi connectivity index (χ1n) is 5.47. The van der Waals surface area contributed by atoms with Crippen molar-refractivity contribution in [2.24, 2.45) is 16.6 Å². The maximum absolute atomic E-state index is 12.2. The summed E-state index contributed by atoms with van der Waals surface area (Å²) in [7, 11) is 0. The van der Waals surface area contributed by atoms with Gasteiger partial charge in [-0.3, -0.25) is 9.59 Å². The van der Waals surface area contributed by atoms with Crippen LogP contribution in [-0.2, 0) is 9.59 Å². The van der Waals surface area contributed by atoms with Gasteiger partial charge in [-0.15, -0.1) is 0 Å². The Morgan fingerprint density at radius 2 is 2.13 bits per heavy atom. The molecule has 4 nitrogen and oxygen atoms in total. The Morgan fingerprint density at radius 3 is 2.67 bits per heavy atom. The predicted molar refractivity (Wildman–Crippen MR) is 55.8 cm³/mol. The van der Waals surface area contributed by atoms with E-state index in [4.69, 9.17) is 5.73 Å². The smallest absolute Gasteiger partial charge is 0.237 e. The average molecular weight is 210 g/mol. The molecule has 0 spiro atoms. The Balaban J connectivity index is 2.24. The summed E-state index contributed by atoms with van der Waals surface area (Å²) in [5.74, 6) is -0.308. The Labute approximate surface area is 89.8 Å². The number of carbonyl (C=O) groups is 2. The summed E-state index contributed by atoms with van der Waals surface area (Å²) in [5.41, 5.74) is 4.92. The van der Waals surface area contributed by atoms with Crippen LogP contribution >= 0.6 is 0 Å². The summed E-state index contributed by atoms with van der Waals surface area (Å²) < 4.78 is 0. The molecule has 2 atom stereocenters. The third kappa shape index (κ3) is 1.27. The first kappa shape index (κ1) is 10.5. The largest absolute Gasteiger partial charge is 0.368 e. The molecular weight excluding hydrogens is 192 g/mol. The summed E-state index contributed by atoms with van der Waals surface area (Å²) in [6, 6.07) is 0. The fourth-order valence-electron chi connectivity index (χ4n) is 3.19. The third-order valence-electron chi connectivity index (χ3n) is 4.38. The van der Waals surface area contributed by atoms with Crippen LogP contribution in [0.5, 0.6) is 0 Å². The lowest BCUT2D eigenvalue weighted by atomic mass is 9.70. The van der Waals surface area contributed by atoms with E-state index in [1.165, 1.54) is 0 Å². The number of primary amides is 1. The van der Waals surface area contributed by atoms with Crippen LogP contribution in [-0.4, -0.2) is 29.8 Å².